The van der Waals surface area contributed by atoms with E-state index in [1.807, 2.05) is 13.1 Å². The van der Waals surface area contributed by atoms with Gasteiger partial charge < -0.3 is 9.30 Å². The van der Waals surface area contributed by atoms with Crippen molar-refractivity contribution in [3.8, 4) is 0 Å². The molecule has 0 saturated carbocycles. The molecule has 1 fully saturated rings. The van der Waals surface area contributed by atoms with E-state index in [4.69, 9.17) is 16.3 Å². The lowest BCUT2D eigenvalue weighted by Crippen LogP contribution is -2.12. The molecule has 3 rings (SSSR count). The van der Waals surface area contributed by atoms with Gasteiger partial charge in [0.15, 0.2) is 5.65 Å². The van der Waals surface area contributed by atoms with Crippen LogP contribution in [0.5, 0.6) is 0 Å². The number of pyridine rings is 1. The lowest BCUT2D eigenvalue weighted by molar-refractivity contribution is 0.100. The molecule has 0 aromatic carbocycles. The highest BCUT2D eigenvalue weighted by Crippen LogP contribution is 2.20. The zero-order chi connectivity index (χ0) is 13.9. The van der Waals surface area contributed by atoms with Crippen LogP contribution in [-0.4, -0.2) is 33.1 Å². The third-order valence-electron chi connectivity index (χ3n) is 3.82. The monoisotopic (exact) mass is 293 g/mol. The molecule has 2 aromatic heterocycles. The van der Waals surface area contributed by atoms with E-state index in [1.54, 1.807) is 0 Å². The topological polar surface area (TPSA) is 39.9 Å². The van der Waals surface area contributed by atoms with Gasteiger partial charge in [-0.05, 0) is 37.8 Å². The van der Waals surface area contributed by atoms with Crippen LogP contribution in [0.25, 0.3) is 11.2 Å². The molecule has 3 heterocycles. The van der Waals surface area contributed by atoms with Crippen molar-refractivity contribution in [1.82, 2.24) is 14.5 Å². The van der Waals surface area contributed by atoms with Crippen molar-refractivity contribution >= 4 is 22.8 Å². The maximum absolute atomic E-state index is 5.90. The minimum atomic E-state index is 0.391. The molecule has 0 spiro atoms. The van der Waals surface area contributed by atoms with Gasteiger partial charge in [0.25, 0.3) is 0 Å². The molecule has 0 N–H and O–H groups in total. The fourth-order valence-corrected chi connectivity index (χ4v) is 2.98. The van der Waals surface area contributed by atoms with Crippen molar-refractivity contribution < 1.29 is 4.74 Å². The molecule has 1 aliphatic rings. The summed E-state index contributed by atoms with van der Waals surface area (Å²) < 4.78 is 7.91. The van der Waals surface area contributed by atoms with Crippen LogP contribution in [-0.2, 0) is 17.7 Å². The van der Waals surface area contributed by atoms with E-state index in [1.165, 1.54) is 12.8 Å². The molecule has 1 unspecified atom stereocenters. The van der Waals surface area contributed by atoms with Crippen LogP contribution in [0.2, 0.25) is 0 Å². The van der Waals surface area contributed by atoms with Crippen molar-refractivity contribution in [1.29, 1.82) is 0 Å². The maximum Gasteiger partial charge on any atom is 0.160 e. The van der Waals surface area contributed by atoms with Gasteiger partial charge in [0.1, 0.15) is 11.3 Å². The first-order chi connectivity index (χ1) is 9.78. The predicted molar refractivity (Wildman–Crippen MR) is 80.3 cm³/mol. The minimum Gasteiger partial charge on any atom is -0.378 e. The summed E-state index contributed by atoms with van der Waals surface area (Å²) in [6, 6.07) is 2.09. The average molecular weight is 294 g/mol. The molecule has 108 valence electrons. The average Bonchev–Trinajstić information content (AvgIpc) is 3.04. The minimum absolute atomic E-state index is 0.391. The summed E-state index contributed by atoms with van der Waals surface area (Å²) in [5.41, 5.74) is 3.07. The van der Waals surface area contributed by atoms with Crippen molar-refractivity contribution in [3.63, 3.8) is 0 Å². The first-order valence-electron chi connectivity index (χ1n) is 7.27. The number of hydrogen-bond donors (Lipinski definition) is 0. The van der Waals surface area contributed by atoms with E-state index in [-0.39, 0.29) is 0 Å². The van der Waals surface area contributed by atoms with Gasteiger partial charge in [-0.25, -0.2) is 9.97 Å². The zero-order valence-electron chi connectivity index (χ0n) is 11.8. The summed E-state index contributed by atoms with van der Waals surface area (Å²) in [5.74, 6) is 1.62. The van der Waals surface area contributed by atoms with E-state index < -0.39 is 0 Å². The SMILES string of the molecule is Cc1cnc2c(c1)nc(CCCl)n2CCC1CCCO1. The summed E-state index contributed by atoms with van der Waals surface area (Å²) in [6.45, 7) is 3.85. The third kappa shape index (κ3) is 2.81. The Kier molecular flexibility index (Phi) is 4.22. The number of imidazole rings is 1. The molecule has 0 radical (unpaired) electrons. The molecule has 20 heavy (non-hydrogen) atoms. The highest BCUT2D eigenvalue weighted by atomic mass is 35.5. The molecular weight excluding hydrogens is 274 g/mol. The van der Waals surface area contributed by atoms with Crippen LogP contribution >= 0.6 is 11.6 Å². The number of aryl methyl sites for hydroxylation is 3. The number of alkyl halides is 1. The molecule has 0 bridgehead atoms. The molecule has 5 heteroatoms. The van der Waals surface area contributed by atoms with E-state index in [9.17, 15) is 0 Å². The van der Waals surface area contributed by atoms with Crippen LogP contribution in [0.15, 0.2) is 12.3 Å². The summed E-state index contributed by atoms with van der Waals surface area (Å²) in [7, 11) is 0. The molecule has 1 aliphatic heterocycles. The normalized spacial score (nSPS) is 19.0. The molecule has 1 atom stereocenters. The van der Waals surface area contributed by atoms with Gasteiger partial charge in [0.2, 0.25) is 0 Å². The van der Waals surface area contributed by atoms with E-state index in [2.05, 4.69) is 20.6 Å². The van der Waals surface area contributed by atoms with Gasteiger partial charge in [0.05, 0.1) is 6.10 Å². The molecular formula is C15H20ClN3O. The van der Waals surface area contributed by atoms with Gasteiger partial charge in [-0.1, -0.05) is 0 Å². The van der Waals surface area contributed by atoms with E-state index in [0.29, 0.717) is 12.0 Å². The second-order valence-corrected chi connectivity index (χ2v) is 5.78. The van der Waals surface area contributed by atoms with Crippen LogP contribution in [0.1, 0.15) is 30.7 Å². The highest BCUT2D eigenvalue weighted by Gasteiger charge is 2.17. The number of halogens is 1. The van der Waals surface area contributed by atoms with Crippen molar-refractivity contribution in [2.45, 2.75) is 45.3 Å². The molecule has 4 nitrogen and oxygen atoms in total. The molecule has 1 saturated heterocycles. The van der Waals surface area contributed by atoms with Gasteiger partial charge in [-0.3, -0.25) is 0 Å². The maximum atomic E-state index is 5.90. The smallest absolute Gasteiger partial charge is 0.160 e. The molecule has 2 aromatic rings. The fraction of sp³-hybridized carbons (Fsp3) is 0.600. The lowest BCUT2D eigenvalue weighted by atomic mass is 10.2. The van der Waals surface area contributed by atoms with Crippen LogP contribution in [0, 0.1) is 6.92 Å². The summed E-state index contributed by atoms with van der Waals surface area (Å²) in [6.07, 6.45) is 6.45. The predicted octanol–water partition coefficient (Wildman–Crippen LogP) is 3.09. The summed E-state index contributed by atoms with van der Waals surface area (Å²) in [4.78, 5) is 9.23. The number of nitrogens with zero attached hydrogens (tertiary/aromatic N) is 3. The van der Waals surface area contributed by atoms with Crippen molar-refractivity contribution in [2.75, 3.05) is 12.5 Å². The second kappa shape index (κ2) is 6.10. The third-order valence-corrected chi connectivity index (χ3v) is 4.01. The van der Waals surface area contributed by atoms with Gasteiger partial charge in [0, 0.05) is 31.6 Å². The highest BCUT2D eigenvalue weighted by molar-refractivity contribution is 6.17. The Labute approximate surface area is 124 Å². The first-order valence-corrected chi connectivity index (χ1v) is 7.80. The molecule has 0 aliphatic carbocycles. The lowest BCUT2D eigenvalue weighted by Gasteiger charge is -2.12. The van der Waals surface area contributed by atoms with Crippen molar-refractivity contribution in [2.24, 2.45) is 0 Å². The Morgan fingerprint density at radius 2 is 2.40 bits per heavy atom. The van der Waals surface area contributed by atoms with Crippen LogP contribution in [0.3, 0.4) is 0 Å². The van der Waals surface area contributed by atoms with Gasteiger partial charge in [-0.2, -0.15) is 0 Å². The Morgan fingerprint density at radius 1 is 1.50 bits per heavy atom. The van der Waals surface area contributed by atoms with Crippen LogP contribution < -0.4 is 0 Å². The van der Waals surface area contributed by atoms with Gasteiger partial charge in [-0.15, -0.1) is 11.6 Å². The first kappa shape index (κ1) is 13.8. The summed E-state index contributed by atoms with van der Waals surface area (Å²) in [5, 5.41) is 0. The number of aromatic nitrogens is 3. The number of hydrogen-bond acceptors (Lipinski definition) is 3. The Morgan fingerprint density at radius 3 is 3.15 bits per heavy atom. The second-order valence-electron chi connectivity index (χ2n) is 5.40. The Balaban J connectivity index is 1.87. The van der Waals surface area contributed by atoms with E-state index in [0.717, 1.165) is 48.5 Å². The number of fused-ring (bicyclic) bond motifs is 1. The Bertz CT molecular complexity index is 590. The largest absolute Gasteiger partial charge is 0.378 e. The summed E-state index contributed by atoms with van der Waals surface area (Å²) >= 11 is 5.90. The fourth-order valence-electron chi connectivity index (χ4n) is 2.81. The Hall–Kier alpha value is -1.13. The quantitative estimate of drug-likeness (QED) is 0.795. The number of rotatable bonds is 5. The van der Waals surface area contributed by atoms with E-state index >= 15 is 0 Å². The van der Waals surface area contributed by atoms with Crippen LogP contribution in [0.4, 0.5) is 0 Å². The number of ether oxygens (including phenoxy) is 1. The zero-order valence-corrected chi connectivity index (χ0v) is 12.6. The molecule has 0 amide bonds. The van der Waals surface area contributed by atoms with Gasteiger partial charge >= 0.3 is 0 Å². The van der Waals surface area contributed by atoms with Crippen molar-refractivity contribution in [3.05, 3.63) is 23.7 Å². The standard InChI is InChI=1S/C15H20ClN3O/c1-11-9-13-15(17-10-11)19(14(18-13)4-6-16)7-5-12-3-2-8-20-12/h9-10,12H,2-8H2,1H3.